The number of benzene rings is 1. The zero-order chi connectivity index (χ0) is 13.2. The van der Waals surface area contributed by atoms with E-state index in [9.17, 15) is 4.79 Å². The first kappa shape index (κ1) is 12.8. The van der Waals surface area contributed by atoms with Crippen LogP contribution >= 0.6 is 0 Å². The molecule has 1 saturated heterocycles. The molecule has 3 heteroatoms. The first-order chi connectivity index (χ1) is 9.24. The van der Waals surface area contributed by atoms with Crippen molar-refractivity contribution in [3.63, 3.8) is 0 Å². The van der Waals surface area contributed by atoms with Gasteiger partial charge in [-0.05, 0) is 26.2 Å². The van der Waals surface area contributed by atoms with Gasteiger partial charge in [-0.2, -0.15) is 0 Å². The second-order valence-corrected chi connectivity index (χ2v) is 5.67. The van der Waals surface area contributed by atoms with Gasteiger partial charge < -0.3 is 4.74 Å². The molecule has 1 aromatic carbocycles. The topological polar surface area (TPSA) is 29.5 Å². The molecule has 2 unspecified atom stereocenters. The van der Waals surface area contributed by atoms with Gasteiger partial charge in [0.1, 0.15) is 0 Å². The molecule has 0 spiro atoms. The van der Waals surface area contributed by atoms with Crippen molar-refractivity contribution in [2.45, 2.75) is 38.3 Å². The molecule has 1 aliphatic carbocycles. The molecule has 102 valence electrons. The molecular formula is C16H21NO2. The Labute approximate surface area is 114 Å². The number of ketones is 1. The van der Waals surface area contributed by atoms with Crippen LogP contribution in [0.4, 0.5) is 0 Å². The lowest BCUT2D eigenvalue weighted by atomic mass is 10.1. The Morgan fingerprint density at radius 1 is 1.32 bits per heavy atom. The number of carbonyl (C=O) groups excluding carboxylic acids is 1. The molecule has 2 aliphatic rings. The predicted molar refractivity (Wildman–Crippen MR) is 74.5 cm³/mol. The third-order valence-electron chi connectivity index (χ3n) is 4.32. The van der Waals surface area contributed by atoms with E-state index in [0.29, 0.717) is 18.7 Å². The first-order valence-electron chi connectivity index (χ1n) is 7.19. The first-order valence-corrected chi connectivity index (χ1v) is 7.19. The summed E-state index contributed by atoms with van der Waals surface area (Å²) in [5.41, 5.74) is 2.02. The van der Waals surface area contributed by atoms with Crippen molar-refractivity contribution in [2.24, 2.45) is 0 Å². The van der Waals surface area contributed by atoms with E-state index in [4.69, 9.17) is 4.74 Å². The lowest BCUT2D eigenvalue weighted by molar-refractivity contribution is -0.0522. The molecule has 0 aromatic heterocycles. The molecule has 1 aromatic rings. The highest BCUT2D eigenvalue weighted by molar-refractivity contribution is 5.97. The Morgan fingerprint density at radius 2 is 2.11 bits per heavy atom. The van der Waals surface area contributed by atoms with E-state index in [1.807, 2.05) is 31.2 Å². The molecule has 3 nitrogen and oxygen atoms in total. The molecule has 0 amide bonds. The van der Waals surface area contributed by atoms with Gasteiger partial charge in [0.25, 0.3) is 0 Å². The number of Topliss-reactive ketones (excluding diaryl/α,β-unsaturated/α-hetero) is 1. The van der Waals surface area contributed by atoms with Crippen LogP contribution in [0.5, 0.6) is 0 Å². The molecule has 0 bridgehead atoms. The standard InChI is InChI=1S/C16H21NO2/c1-12-5-7-13(8-6-12)15(18)11-17-9-10-19-16-4-2-3-14(16)17/h5-8,14,16H,2-4,9-11H2,1H3. The second kappa shape index (κ2) is 5.43. The quantitative estimate of drug-likeness (QED) is 0.781. The van der Waals surface area contributed by atoms with Crippen molar-refractivity contribution in [1.82, 2.24) is 4.90 Å². The summed E-state index contributed by atoms with van der Waals surface area (Å²) in [5, 5.41) is 0. The van der Waals surface area contributed by atoms with Crippen LogP contribution in [0.2, 0.25) is 0 Å². The predicted octanol–water partition coefficient (Wildman–Crippen LogP) is 2.43. The fourth-order valence-electron chi connectivity index (χ4n) is 3.22. The molecule has 2 fully saturated rings. The number of hydrogen-bond acceptors (Lipinski definition) is 3. The van der Waals surface area contributed by atoms with E-state index >= 15 is 0 Å². The van der Waals surface area contributed by atoms with Gasteiger partial charge in [-0.15, -0.1) is 0 Å². The average Bonchev–Trinajstić information content (AvgIpc) is 2.89. The van der Waals surface area contributed by atoms with Gasteiger partial charge >= 0.3 is 0 Å². The lowest BCUT2D eigenvalue weighted by Gasteiger charge is -2.37. The highest BCUT2D eigenvalue weighted by Crippen LogP contribution is 2.29. The minimum absolute atomic E-state index is 0.229. The van der Waals surface area contributed by atoms with Crippen LogP contribution < -0.4 is 0 Å². The Morgan fingerprint density at radius 3 is 2.89 bits per heavy atom. The summed E-state index contributed by atoms with van der Waals surface area (Å²) in [4.78, 5) is 14.7. The van der Waals surface area contributed by atoms with Crippen molar-refractivity contribution < 1.29 is 9.53 Å². The number of rotatable bonds is 3. The van der Waals surface area contributed by atoms with Crippen molar-refractivity contribution in [3.8, 4) is 0 Å². The maximum absolute atomic E-state index is 12.3. The second-order valence-electron chi connectivity index (χ2n) is 5.67. The maximum atomic E-state index is 12.3. The third-order valence-corrected chi connectivity index (χ3v) is 4.32. The molecule has 1 saturated carbocycles. The molecule has 0 radical (unpaired) electrons. The molecule has 2 atom stereocenters. The van der Waals surface area contributed by atoms with E-state index < -0.39 is 0 Å². The average molecular weight is 259 g/mol. The summed E-state index contributed by atoms with van der Waals surface area (Å²) in [5.74, 6) is 0.229. The fourth-order valence-corrected chi connectivity index (χ4v) is 3.22. The number of hydrogen-bond donors (Lipinski definition) is 0. The summed E-state index contributed by atoms with van der Waals surface area (Å²) in [6, 6.07) is 8.34. The number of aryl methyl sites for hydroxylation is 1. The zero-order valence-corrected chi connectivity index (χ0v) is 11.5. The van der Waals surface area contributed by atoms with Crippen molar-refractivity contribution >= 4 is 5.78 Å². The van der Waals surface area contributed by atoms with Crippen LogP contribution in [0.25, 0.3) is 0 Å². The summed E-state index contributed by atoms with van der Waals surface area (Å²) in [6.45, 7) is 4.23. The van der Waals surface area contributed by atoms with Gasteiger partial charge in [0.15, 0.2) is 5.78 Å². The molecule has 0 N–H and O–H groups in total. The zero-order valence-electron chi connectivity index (χ0n) is 11.5. The largest absolute Gasteiger partial charge is 0.375 e. The molecule has 1 heterocycles. The number of fused-ring (bicyclic) bond motifs is 1. The smallest absolute Gasteiger partial charge is 0.176 e. The Bertz CT molecular complexity index is 454. The minimum atomic E-state index is 0.229. The summed E-state index contributed by atoms with van der Waals surface area (Å²) in [7, 11) is 0. The highest BCUT2D eigenvalue weighted by Gasteiger charge is 2.36. The highest BCUT2D eigenvalue weighted by atomic mass is 16.5. The fraction of sp³-hybridized carbons (Fsp3) is 0.562. The summed E-state index contributed by atoms with van der Waals surface area (Å²) >= 11 is 0. The number of morpholine rings is 1. The van der Waals surface area contributed by atoms with Crippen molar-refractivity contribution in [3.05, 3.63) is 35.4 Å². The monoisotopic (exact) mass is 259 g/mol. The van der Waals surface area contributed by atoms with Gasteiger partial charge in [0.05, 0.1) is 19.3 Å². The number of nitrogens with zero attached hydrogens (tertiary/aromatic N) is 1. The lowest BCUT2D eigenvalue weighted by Crippen LogP contribution is -2.50. The molecule has 1 aliphatic heterocycles. The van der Waals surface area contributed by atoms with Crippen LogP contribution in [0.3, 0.4) is 0 Å². The van der Waals surface area contributed by atoms with E-state index in [0.717, 1.165) is 25.1 Å². The summed E-state index contributed by atoms with van der Waals surface area (Å²) in [6.07, 6.45) is 3.91. The van der Waals surface area contributed by atoms with Crippen molar-refractivity contribution in [2.75, 3.05) is 19.7 Å². The van der Waals surface area contributed by atoms with Crippen LogP contribution in [-0.2, 0) is 4.74 Å². The molecular weight excluding hydrogens is 238 g/mol. The van der Waals surface area contributed by atoms with Gasteiger partial charge in [-0.1, -0.05) is 29.8 Å². The Hall–Kier alpha value is -1.19. The van der Waals surface area contributed by atoms with Crippen LogP contribution in [-0.4, -0.2) is 42.5 Å². The van der Waals surface area contributed by atoms with Crippen LogP contribution in [0.15, 0.2) is 24.3 Å². The van der Waals surface area contributed by atoms with E-state index in [2.05, 4.69) is 4.90 Å². The third kappa shape index (κ3) is 2.72. The Kier molecular flexibility index (Phi) is 3.67. The van der Waals surface area contributed by atoms with Crippen molar-refractivity contribution in [1.29, 1.82) is 0 Å². The summed E-state index contributed by atoms with van der Waals surface area (Å²) < 4.78 is 5.78. The minimum Gasteiger partial charge on any atom is -0.375 e. The number of carbonyl (C=O) groups is 1. The van der Waals surface area contributed by atoms with E-state index in [-0.39, 0.29) is 5.78 Å². The van der Waals surface area contributed by atoms with Crippen LogP contribution in [0.1, 0.15) is 35.2 Å². The van der Waals surface area contributed by atoms with Crippen LogP contribution in [0, 0.1) is 6.92 Å². The van der Waals surface area contributed by atoms with Gasteiger partial charge in [-0.25, -0.2) is 0 Å². The molecule has 3 rings (SSSR count). The molecule has 19 heavy (non-hydrogen) atoms. The van der Waals surface area contributed by atoms with E-state index in [1.54, 1.807) is 0 Å². The van der Waals surface area contributed by atoms with Gasteiger partial charge in [-0.3, -0.25) is 9.69 Å². The normalized spacial score (nSPS) is 27.2. The van der Waals surface area contributed by atoms with Gasteiger partial charge in [0, 0.05) is 18.2 Å². The SMILES string of the molecule is Cc1ccc(C(=O)CN2CCOC3CCCC32)cc1. The maximum Gasteiger partial charge on any atom is 0.176 e. The van der Waals surface area contributed by atoms with Gasteiger partial charge in [0.2, 0.25) is 0 Å². The Balaban J connectivity index is 1.67. The van der Waals surface area contributed by atoms with E-state index in [1.165, 1.54) is 18.4 Å². The number of ether oxygens (including phenoxy) is 1.